The van der Waals surface area contributed by atoms with Crippen LogP contribution >= 0.6 is 39.3 Å². The summed E-state index contributed by atoms with van der Waals surface area (Å²) in [5.74, 6) is 1.14. The number of furan rings is 1. The Morgan fingerprint density at radius 3 is 2.72 bits per heavy atom. The zero-order valence-corrected chi connectivity index (χ0v) is 18.2. The third-order valence-corrected chi connectivity index (χ3v) is 6.14. The quantitative estimate of drug-likeness (QED) is 0.379. The van der Waals surface area contributed by atoms with Crippen molar-refractivity contribution in [3.05, 3.63) is 81.5 Å². The minimum atomic E-state index is -0.222. The van der Waals surface area contributed by atoms with E-state index in [4.69, 9.17) is 16.0 Å². The minimum absolute atomic E-state index is 0.0640. The van der Waals surface area contributed by atoms with Gasteiger partial charge in [-0.1, -0.05) is 63.6 Å². The summed E-state index contributed by atoms with van der Waals surface area (Å²) in [5.41, 5.74) is 1.91. The molecule has 1 aliphatic heterocycles. The first-order chi connectivity index (χ1) is 14.1. The second-order valence-electron chi connectivity index (χ2n) is 6.26. The van der Waals surface area contributed by atoms with Gasteiger partial charge in [0.1, 0.15) is 11.5 Å². The Balaban J connectivity index is 1.39. The number of benzene rings is 2. The molecule has 1 amide bonds. The van der Waals surface area contributed by atoms with Crippen molar-refractivity contribution < 1.29 is 9.21 Å². The van der Waals surface area contributed by atoms with Crippen LogP contribution in [0.1, 0.15) is 11.3 Å². The lowest BCUT2D eigenvalue weighted by molar-refractivity contribution is -0.118. The molecule has 0 radical (unpaired) electrons. The molecule has 29 heavy (non-hydrogen) atoms. The lowest BCUT2D eigenvalue weighted by Crippen LogP contribution is -2.25. The minimum Gasteiger partial charge on any atom is -0.455 e. The maximum absolute atomic E-state index is 12.2. The van der Waals surface area contributed by atoms with Gasteiger partial charge in [-0.15, -0.1) is 5.10 Å². The summed E-state index contributed by atoms with van der Waals surface area (Å²) in [6, 6.07) is 19.0. The van der Waals surface area contributed by atoms with E-state index in [1.165, 1.54) is 18.0 Å². The Kier molecular flexibility index (Phi) is 6.18. The summed E-state index contributed by atoms with van der Waals surface area (Å²) in [6.45, 7) is 0. The maximum Gasteiger partial charge on any atom is 0.239 e. The van der Waals surface area contributed by atoms with Crippen molar-refractivity contribution in [2.24, 2.45) is 10.2 Å². The largest absolute Gasteiger partial charge is 0.455 e. The van der Waals surface area contributed by atoms with E-state index in [-0.39, 0.29) is 11.2 Å². The van der Waals surface area contributed by atoms with Crippen LogP contribution in [0.25, 0.3) is 11.3 Å². The summed E-state index contributed by atoms with van der Waals surface area (Å²) in [6.07, 6.45) is 2.13. The van der Waals surface area contributed by atoms with Crippen LogP contribution in [0.2, 0.25) is 5.02 Å². The second kappa shape index (κ2) is 8.98. The summed E-state index contributed by atoms with van der Waals surface area (Å²) in [4.78, 5) is 12.2. The Morgan fingerprint density at radius 1 is 1.14 bits per heavy atom. The van der Waals surface area contributed by atoms with Crippen molar-refractivity contribution in [3.63, 3.8) is 0 Å². The lowest BCUT2D eigenvalue weighted by Gasteiger charge is -2.05. The predicted molar refractivity (Wildman–Crippen MR) is 122 cm³/mol. The first-order valence-electron chi connectivity index (χ1n) is 8.76. The molecule has 0 aliphatic carbocycles. The molecular formula is C21H15BrClN3O2S. The van der Waals surface area contributed by atoms with Crippen LogP contribution in [-0.4, -0.2) is 22.5 Å². The average Bonchev–Trinajstić information content (AvgIpc) is 3.31. The topological polar surface area (TPSA) is 67.0 Å². The third kappa shape index (κ3) is 4.98. The molecule has 1 aromatic heterocycles. The molecule has 2 heterocycles. The van der Waals surface area contributed by atoms with Crippen LogP contribution in [0.3, 0.4) is 0 Å². The van der Waals surface area contributed by atoms with Gasteiger partial charge in [0, 0.05) is 10.0 Å². The highest BCUT2D eigenvalue weighted by atomic mass is 79.9. The highest BCUT2D eigenvalue weighted by Crippen LogP contribution is 2.29. The van der Waals surface area contributed by atoms with Gasteiger partial charge in [0.2, 0.25) is 5.91 Å². The molecule has 1 fully saturated rings. The molecule has 4 rings (SSSR count). The molecule has 0 unspecified atom stereocenters. The van der Waals surface area contributed by atoms with Crippen molar-refractivity contribution in [3.8, 4) is 11.3 Å². The number of rotatable bonds is 5. The Bertz CT molecular complexity index is 1100. The number of hydrogen-bond acceptors (Lipinski definition) is 5. The zero-order chi connectivity index (χ0) is 20.2. The fourth-order valence-electron chi connectivity index (χ4n) is 2.79. The zero-order valence-electron chi connectivity index (χ0n) is 15.0. The van der Waals surface area contributed by atoms with Gasteiger partial charge in [0.15, 0.2) is 5.17 Å². The standard InChI is InChI=1S/C21H15BrClN3O2S/c22-14-7-5-13(6-8-14)11-19-20(27)25-21(29-19)26-24-12-15-9-10-18(28-15)16-3-1-2-4-17(16)23/h1-10,12,19H,11H2,(H,25,26,27)/b24-12-/t19-/m0/s1. The van der Waals surface area contributed by atoms with Gasteiger partial charge >= 0.3 is 0 Å². The van der Waals surface area contributed by atoms with E-state index in [1.54, 1.807) is 6.07 Å². The van der Waals surface area contributed by atoms with E-state index in [9.17, 15) is 4.79 Å². The summed E-state index contributed by atoms with van der Waals surface area (Å²) in [7, 11) is 0. The van der Waals surface area contributed by atoms with E-state index in [0.29, 0.717) is 28.1 Å². The molecule has 2 aromatic carbocycles. The summed E-state index contributed by atoms with van der Waals surface area (Å²) < 4.78 is 6.76. The van der Waals surface area contributed by atoms with Crippen molar-refractivity contribution >= 4 is 56.6 Å². The van der Waals surface area contributed by atoms with Gasteiger partial charge in [0.25, 0.3) is 0 Å². The molecule has 3 aromatic rings. The Morgan fingerprint density at radius 2 is 1.93 bits per heavy atom. The number of nitrogens with one attached hydrogen (secondary N) is 1. The van der Waals surface area contributed by atoms with Crippen LogP contribution in [-0.2, 0) is 11.2 Å². The van der Waals surface area contributed by atoms with Crippen LogP contribution < -0.4 is 5.32 Å². The number of halogens is 2. The lowest BCUT2D eigenvalue weighted by atomic mass is 10.1. The first-order valence-corrected chi connectivity index (χ1v) is 10.8. The van der Waals surface area contributed by atoms with Gasteiger partial charge in [-0.25, -0.2) is 0 Å². The molecule has 146 valence electrons. The van der Waals surface area contributed by atoms with Gasteiger partial charge in [-0.2, -0.15) is 5.10 Å². The molecular weight excluding hydrogens is 474 g/mol. The number of amidine groups is 1. The number of amides is 1. The third-order valence-electron chi connectivity index (χ3n) is 4.21. The Labute approximate surface area is 185 Å². The SMILES string of the molecule is O=C1N/C(=N\N=C/c2ccc(-c3ccccc3Cl)o2)S[C@H]1Cc1ccc(Br)cc1. The van der Waals surface area contributed by atoms with E-state index in [0.717, 1.165) is 15.6 Å². The molecule has 0 spiro atoms. The molecule has 8 heteroatoms. The maximum atomic E-state index is 12.2. The number of nitrogens with zero attached hydrogens (tertiary/aromatic N) is 2. The summed E-state index contributed by atoms with van der Waals surface area (Å²) in [5, 5.41) is 11.8. The number of carbonyl (C=O) groups is 1. The fraction of sp³-hybridized carbons (Fsp3) is 0.0952. The van der Waals surface area contributed by atoms with E-state index >= 15 is 0 Å². The normalized spacial score (nSPS) is 17.9. The first kappa shape index (κ1) is 19.9. The van der Waals surface area contributed by atoms with Crippen molar-refractivity contribution in [2.45, 2.75) is 11.7 Å². The van der Waals surface area contributed by atoms with Gasteiger partial charge in [-0.05, 0) is 48.4 Å². The smallest absolute Gasteiger partial charge is 0.239 e. The van der Waals surface area contributed by atoms with E-state index < -0.39 is 0 Å². The van der Waals surface area contributed by atoms with Gasteiger partial charge in [-0.3, -0.25) is 4.79 Å². The van der Waals surface area contributed by atoms with Crippen LogP contribution in [0, 0.1) is 0 Å². The molecule has 1 N–H and O–H groups in total. The molecule has 5 nitrogen and oxygen atoms in total. The highest BCUT2D eigenvalue weighted by Gasteiger charge is 2.30. The predicted octanol–water partition coefficient (Wildman–Crippen LogP) is 5.53. The van der Waals surface area contributed by atoms with Crippen molar-refractivity contribution in [2.75, 3.05) is 0 Å². The molecule has 1 saturated heterocycles. The molecule has 0 bridgehead atoms. The summed E-state index contributed by atoms with van der Waals surface area (Å²) >= 11 is 11.0. The van der Waals surface area contributed by atoms with E-state index in [1.807, 2.05) is 54.6 Å². The number of carbonyl (C=O) groups excluding carboxylic acids is 1. The van der Waals surface area contributed by atoms with Crippen molar-refractivity contribution in [1.29, 1.82) is 0 Å². The molecule has 1 aliphatic rings. The van der Waals surface area contributed by atoms with Gasteiger partial charge < -0.3 is 9.73 Å². The van der Waals surface area contributed by atoms with Crippen molar-refractivity contribution in [1.82, 2.24) is 5.32 Å². The molecule has 1 atom stereocenters. The number of thioether (sulfide) groups is 1. The second-order valence-corrected chi connectivity index (χ2v) is 8.77. The van der Waals surface area contributed by atoms with Gasteiger partial charge in [0.05, 0.1) is 16.5 Å². The molecule has 0 saturated carbocycles. The van der Waals surface area contributed by atoms with Crippen LogP contribution in [0.5, 0.6) is 0 Å². The van der Waals surface area contributed by atoms with Crippen LogP contribution in [0.15, 0.2) is 79.8 Å². The Hall–Kier alpha value is -2.35. The average molecular weight is 489 g/mol. The van der Waals surface area contributed by atoms with Crippen LogP contribution in [0.4, 0.5) is 0 Å². The monoisotopic (exact) mass is 487 g/mol. The number of hydrogen-bond donors (Lipinski definition) is 1. The fourth-order valence-corrected chi connectivity index (χ4v) is 4.25. The van der Waals surface area contributed by atoms with E-state index in [2.05, 4.69) is 31.4 Å². The highest BCUT2D eigenvalue weighted by molar-refractivity contribution is 9.10.